The zero-order chi connectivity index (χ0) is 12.0. The molecule has 0 saturated heterocycles. The van der Waals surface area contributed by atoms with Gasteiger partial charge in [-0.15, -0.1) is 11.3 Å². The maximum absolute atomic E-state index is 11.6. The number of nitrogens with one attached hydrogen (secondary N) is 1. The van der Waals surface area contributed by atoms with Crippen molar-refractivity contribution in [3.8, 4) is 0 Å². The van der Waals surface area contributed by atoms with E-state index in [9.17, 15) is 4.79 Å². The molecule has 0 aliphatic rings. The summed E-state index contributed by atoms with van der Waals surface area (Å²) in [6.45, 7) is 4.94. The molecule has 0 saturated carbocycles. The Morgan fingerprint density at radius 3 is 2.88 bits per heavy atom. The lowest BCUT2D eigenvalue weighted by atomic mass is 9.84. The van der Waals surface area contributed by atoms with Crippen molar-refractivity contribution in [3.63, 3.8) is 0 Å². The minimum Gasteiger partial charge on any atom is -0.330 e. The second-order valence-corrected chi connectivity index (χ2v) is 5.48. The van der Waals surface area contributed by atoms with Crippen LogP contribution in [-0.4, -0.2) is 17.4 Å². The third kappa shape index (κ3) is 4.72. The van der Waals surface area contributed by atoms with Crippen molar-refractivity contribution in [2.45, 2.75) is 33.1 Å². The lowest BCUT2D eigenvalue weighted by Gasteiger charge is -2.23. The van der Waals surface area contributed by atoms with Crippen LogP contribution in [0.25, 0.3) is 0 Å². The van der Waals surface area contributed by atoms with Crippen molar-refractivity contribution in [2.75, 3.05) is 11.9 Å². The molecule has 5 heteroatoms. The highest BCUT2D eigenvalue weighted by Gasteiger charge is 2.18. The summed E-state index contributed by atoms with van der Waals surface area (Å²) in [6, 6.07) is 0. The second kappa shape index (κ2) is 5.96. The third-order valence-corrected chi connectivity index (χ3v) is 3.22. The maximum atomic E-state index is 11.6. The summed E-state index contributed by atoms with van der Waals surface area (Å²) in [5, 5.41) is 5.28. The van der Waals surface area contributed by atoms with E-state index in [1.54, 1.807) is 6.20 Å². The van der Waals surface area contributed by atoms with E-state index < -0.39 is 0 Å². The van der Waals surface area contributed by atoms with Crippen molar-refractivity contribution in [2.24, 2.45) is 11.1 Å². The number of nitrogens with two attached hydrogens (primary N) is 1. The molecule has 0 aliphatic carbocycles. The summed E-state index contributed by atoms with van der Waals surface area (Å²) in [5.74, 6) is 0.0278. The zero-order valence-electron chi connectivity index (χ0n) is 9.82. The second-order valence-electron chi connectivity index (χ2n) is 4.59. The van der Waals surface area contributed by atoms with Gasteiger partial charge in [0, 0.05) is 18.0 Å². The van der Waals surface area contributed by atoms with Crippen molar-refractivity contribution in [3.05, 3.63) is 11.6 Å². The van der Waals surface area contributed by atoms with Gasteiger partial charge in [0.2, 0.25) is 5.91 Å². The highest BCUT2D eigenvalue weighted by Crippen LogP contribution is 2.26. The third-order valence-electron chi connectivity index (χ3n) is 2.53. The SMILES string of the molecule is CC(C)(CCN)CCC(=O)Nc1nccs1. The van der Waals surface area contributed by atoms with Gasteiger partial charge < -0.3 is 11.1 Å². The molecule has 0 aliphatic heterocycles. The fraction of sp³-hybridized carbons (Fsp3) is 0.636. The average Bonchev–Trinajstić information content (AvgIpc) is 2.68. The number of aromatic nitrogens is 1. The number of thiazole rings is 1. The van der Waals surface area contributed by atoms with Crippen molar-refractivity contribution in [1.82, 2.24) is 4.98 Å². The van der Waals surface area contributed by atoms with Crippen LogP contribution < -0.4 is 11.1 Å². The minimum absolute atomic E-state index is 0.0278. The number of hydrogen-bond acceptors (Lipinski definition) is 4. The molecule has 90 valence electrons. The van der Waals surface area contributed by atoms with Crippen LogP contribution in [0.1, 0.15) is 33.1 Å². The van der Waals surface area contributed by atoms with Gasteiger partial charge in [-0.25, -0.2) is 4.98 Å². The quantitative estimate of drug-likeness (QED) is 0.802. The molecule has 0 atom stereocenters. The Morgan fingerprint density at radius 2 is 2.31 bits per heavy atom. The van der Waals surface area contributed by atoms with Gasteiger partial charge in [-0.1, -0.05) is 13.8 Å². The number of amides is 1. The molecule has 0 spiro atoms. The van der Waals surface area contributed by atoms with E-state index in [-0.39, 0.29) is 11.3 Å². The average molecular weight is 241 g/mol. The smallest absolute Gasteiger partial charge is 0.226 e. The lowest BCUT2D eigenvalue weighted by molar-refractivity contribution is -0.116. The fourth-order valence-electron chi connectivity index (χ4n) is 1.43. The topological polar surface area (TPSA) is 68.0 Å². The Bertz CT molecular complexity index is 322. The molecular weight excluding hydrogens is 222 g/mol. The predicted molar refractivity (Wildman–Crippen MR) is 67.4 cm³/mol. The van der Waals surface area contributed by atoms with Crippen LogP contribution in [0.4, 0.5) is 5.13 Å². The minimum atomic E-state index is 0.0278. The molecule has 16 heavy (non-hydrogen) atoms. The van der Waals surface area contributed by atoms with E-state index in [0.717, 1.165) is 12.8 Å². The van der Waals surface area contributed by atoms with Gasteiger partial charge in [0.15, 0.2) is 5.13 Å². The lowest BCUT2D eigenvalue weighted by Crippen LogP contribution is -2.20. The van der Waals surface area contributed by atoms with Crippen LogP contribution in [0.15, 0.2) is 11.6 Å². The summed E-state index contributed by atoms with van der Waals surface area (Å²) in [6.07, 6.45) is 3.99. The van der Waals surface area contributed by atoms with Crippen LogP contribution in [-0.2, 0) is 4.79 Å². The van der Waals surface area contributed by atoms with Crippen LogP contribution in [0, 0.1) is 5.41 Å². The van der Waals surface area contributed by atoms with Crippen molar-refractivity contribution in [1.29, 1.82) is 0 Å². The Morgan fingerprint density at radius 1 is 1.56 bits per heavy atom. The summed E-state index contributed by atoms with van der Waals surface area (Å²) < 4.78 is 0. The van der Waals surface area contributed by atoms with E-state index in [2.05, 4.69) is 24.1 Å². The molecule has 0 fully saturated rings. The van der Waals surface area contributed by atoms with Gasteiger partial charge in [-0.05, 0) is 24.8 Å². The number of anilines is 1. The first-order chi connectivity index (χ1) is 7.53. The fourth-order valence-corrected chi connectivity index (χ4v) is 1.98. The number of hydrogen-bond donors (Lipinski definition) is 2. The molecule has 0 radical (unpaired) electrons. The largest absolute Gasteiger partial charge is 0.330 e. The van der Waals surface area contributed by atoms with Crippen molar-refractivity contribution < 1.29 is 4.79 Å². The van der Waals surface area contributed by atoms with E-state index in [0.29, 0.717) is 18.1 Å². The zero-order valence-corrected chi connectivity index (χ0v) is 10.6. The molecule has 1 heterocycles. The summed E-state index contributed by atoms with van der Waals surface area (Å²) >= 11 is 1.43. The van der Waals surface area contributed by atoms with Gasteiger partial charge in [0.25, 0.3) is 0 Å². The number of nitrogens with zero attached hydrogens (tertiary/aromatic N) is 1. The van der Waals surface area contributed by atoms with Gasteiger partial charge in [-0.2, -0.15) is 0 Å². The molecule has 1 aromatic rings. The van der Waals surface area contributed by atoms with E-state index in [4.69, 9.17) is 5.73 Å². The summed E-state index contributed by atoms with van der Waals surface area (Å²) in [4.78, 5) is 15.6. The molecule has 1 rings (SSSR count). The first kappa shape index (κ1) is 13.1. The number of carbonyl (C=O) groups excluding carboxylic acids is 1. The summed E-state index contributed by atoms with van der Waals surface area (Å²) in [5.41, 5.74) is 5.66. The Kier molecular flexibility index (Phi) is 4.89. The molecule has 4 nitrogen and oxygen atoms in total. The standard InChI is InChI=1S/C11H19N3OS/c1-11(2,5-6-12)4-3-9(15)14-10-13-7-8-16-10/h7-8H,3-6,12H2,1-2H3,(H,13,14,15). The van der Waals surface area contributed by atoms with E-state index in [1.807, 2.05) is 5.38 Å². The molecular formula is C11H19N3OS. The first-order valence-corrected chi connectivity index (χ1v) is 6.31. The molecule has 0 aromatic carbocycles. The molecule has 1 amide bonds. The summed E-state index contributed by atoms with van der Waals surface area (Å²) in [7, 11) is 0. The van der Waals surface area contributed by atoms with Gasteiger partial charge in [0.1, 0.15) is 0 Å². The van der Waals surface area contributed by atoms with E-state index >= 15 is 0 Å². The normalized spacial score (nSPS) is 11.4. The van der Waals surface area contributed by atoms with Crippen molar-refractivity contribution >= 4 is 22.4 Å². The van der Waals surface area contributed by atoms with Crippen LogP contribution in [0.2, 0.25) is 0 Å². The molecule has 0 unspecified atom stereocenters. The Hall–Kier alpha value is -0.940. The predicted octanol–water partition coefficient (Wildman–Crippen LogP) is 2.24. The Balaban J connectivity index is 2.30. The van der Waals surface area contributed by atoms with Crippen LogP contribution in [0.5, 0.6) is 0 Å². The molecule has 0 bridgehead atoms. The number of rotatable bonds is 6. The molecule has 1 aromatic heterocycles. The monoisotopic (exact) mass is 241 g/mol. The Labute approximate surface area is 100 Å². The highest BCUT2D eigenvalue weighted by atomic mass is 32.1. The first-order valence-electron chi connectivity index (χ1n) is 5.43. The highest BCUT2D eigenvalue weighted by molar-refractivity contribution is 7.13. The number of carbonyl (C=O) groups is 1. The van der Waals surface area contributed by atoms with Gasteiger partial charge in [-0.3, -0.25) is 4.79 Å². The maximum Gasteiger partial charge on any atom is 0.226 e. The van der Waals surface area contributed by atoms with Crippen LogP contribution >= 0.6 is 11.3 Å². The van der Waals surface area contributed by atoms with Gasteiger partial charge >= 0.3 is 0 Å². The van der Waals surface area contributed by atoms with Gasteiger partial charge in [0.05, 0.1) is 0 Å². The molecule has 3 N–H and O–H groups in total. The van der Waals surface area contributed by atoms with E-state index in [1.165, 1.54) is 11.3 Å². The van der Waals surface area contributed by atoms with Crippen LogP contribution in [0.3, 0.4) is 0 Å².